The molecule has 0 spiro atoms. The number of carbonyl (C=O) groups is 2. The minimum Gasteiger partial charge on any atom is -0.490 e. The van der Waals surface area contributed by atoms with Crippen LogP contribution < -0.4 is 4.74 Å². The molecule has 1 heterocycles. The van der Waals surface area contributed by atoms with E-state index in [4.69, 9.17) is 9.47 Å². The second kappa shape index (κ2) is 10.8. The third kappa shape index (κ3) is 5.97. The second-order valence-electron chi connectivity index (χ2n) is 10.4. The predicted molar refractivity (Wildman–Crippen MR) is 145 cm³/mol. The molecule has 198 valence electrons. The molecule has 0 aliphatic heterocycles. The fourth-order valence-corrected chi connectivity index (χ4v) is 5.56. The topological polar surface area (TPSA) is 113 Å². The zero-order valence-electron chi connectivity index (χ0n) is 22.1. The van der Waals surface area contributed by atoms with Crippen molar-refractivity contribution in [2.24, 2.45) is 0 Å². The van der Waals surface area contributed by atoms with Crippen LogP contribution in [-0.2, 0) is 16.0 Å². The SMILES string of the molecule is CC(C)Oc1ccc(-c2ncc(-c3cccc4c3CC[C@@H]4N(CC(=O)O)C(=O)OC(C)(C)C)s2)cc1C#N. The molecule has 0 bridgehead atoms. The molecular formula is C29H31N3O5S. The lowest BCUT2D eigenvalue weighted by molar-refractivity contribution is -0.138. The zero-order chi connectivity index (χ0) is 27.6. The first kappa shape index (κ1) is 27.1. The van der Waals surface area contributed by atoms with Crippen LogP contribution in [0.4, 0.5) is 4.79 Å². The van der Waals surface area contributed by atoms with Crippen molar-refractivity contribution in [3.8, 4) is 32.8 Å². The molecule has 0 fully saturated rings. The fraction of sp³-hybridized carbons (Fsp3) is 0.379. The fourth-order valence-electron chi connectivity index (χ4n) is 4.59. The van der Waals surface area contributed by atoms with Gasteiger partial charge in [0.25, 0.3) is 0 Å². The molecule has 8 nitrogen and oxygen atoms in total. The average molecular weight is 534 g/mol. The Hall–Kier alpha value is -3.90. The van der Waals surface area contributed by atoms with E-state index in [0.717, 1.165) is 32.1 Å². The summed E-state index contributed by atoms with van der Waals surface area (Å²) in [6, 6.07) is 13.2. The summed E-state index contributed by atoms with van der Waals surface area (Å²) in [5.74, 6) is -0.542. The number of nitrogens with zero attached hydrogens (tertiary/aromatic N) is 3. The Morgan fingerprint density at radius 3 is 2.68 bits per heavy atom. The number of carbonyl (C=O) groups excluding carboxylic acids is 1. The average Bonchev–Trinajstić information content (AvgIpc) is 3.49. The van der Waals surface area contributed by atoms with Crippen LogP contribution in [0.1, 0.15) is 63.8 Å². The lowest BCUT2D eigenvalue weighted by Crippen LogP contribution is -2.41. The number of nitriles is 1. The molecule has 0 unspecified atom stereocenters. The molecule has 1 amide bonds. The Morgan fingerprint density at radius 2 is 2.03 bits per heavy atom. The van der Waals surface area contributed by atoms with Gasteiger partial charge in [-0.05, 0) is 82.3 Å². The number of hydrogen-bond acceptors (Lipinski definition) is 7. The van der Waals surface area contributed by atoms with Gasteiger partial charge < -0.3 is 14.6 Å². The van der Waals surface area contributed by atoms with E-state index in [-0.39, 0.29) is 6.10 Å². The van der Waals surface area contributed by atoms with E-state index in [0.29, 0.717) is 24.2 Å². The van der Waals surface area contributed by atoms with Crippen molar-refractivity contribution in [1.29, 1.82) is 5.26 Å². The number of carboxylic acids is 1. The number of thiazole rings is 1. The van der Waals surface area contributed by atoms with E-state index in [9.17, 15) is 20.0 Å². The van der Waals surface area contributed by atoms with Gasteiger partial charge >= 0.3 is 12.1 Å². The summed E-state index contributed by atoms with van der Waals surface area (Å²) in [4.78, 5) is 31.4. The standard InChI is InChI=1S/C29H31N3O5S/c1-17(2)36-24-12-9-18(13-19(24)14-30)27-31-15-25(38-27)22-8-6-7-21-20(22)10-11-23(21)32(16-26(33)34)28(35)37-29(3,4)5/h6-9,12-13,15,17,23H,10-11,16H2,1-5H3,(H,33,34)/t23-/m0/s1. The van der Waals surface area contributed by atoms with E-state index in [1.807, 2.05) is 44.3 Å². The molecule has 3 aromatic rings. The van der Waals surface area contributed by atoms with Crippen molar-refractivity contribution in [1.82, 2.24) is 9.88 Å². The molecule has 1 N–H and O–H groups in total. The molecular weight excluding hydrogens is 502 g/mol. The monoisotopic (exact) mass is 533 g/mol. The minimum atomic E-state index is -1.09. The molecule has 1 atom stereocenters. The smallest absolute Gasteiger partial charge is 0.411 e. The first-order valence-corrected chi connectivity index (χ1v) is 13.3. The van der Waals surface area contributed by atoms with Crippen molar-refractivity contribution in [2.45, 2.75) is 65.2 Å². The quantitative estimate of drug-likeness (QED) is 0.371. The highest BCUT2D eigenvalue weighted by Crippen LogP contribution is 2.43. The van der Waals surface area contributed by atoms with Gasteiger partial charge in [-0.1, -0.05) is 18.2 Å². The van der Waals surface area contributed by atoms with Crippen LogP contribution in [0, 0.1) is 11.3 Å². The van der Waals surface area contributed by atoms with Crippen molar-refractivity contribution >= 4 is 23.4 Å². The summed E-state index contributed by atoms with van der Waals surface area (Å²) in [5.41, 5.74) is 3.56. The Balaban J connectivity index is 1.65. The lowest BCUT2D eigenvalue weighted by atomic mass is 10.0. The highest BCUT2D eigenvalue weighted by atomic mass is 32.1. The van der Waals surface area contributed by atoms with Gasteiger partial charge in [0.1, 0.15) is 29.0 Å². The van der Waals surface area contributed by atoms with Crippen LogP contribution in [0.5, 0.6) is 5.75 Å². The molecule has 38 heavy (non-hydrogen) atoms. The van der Waals surface area contributed by atoms with Crippen LogP contribution in [0.15, 0.2) is 42.6 Å². The third-order valence-corrected chi connectivity index (χ3v) is 7.11. The van der Waals surface area contributed by atoms with Crippen LogP contribution in [0.25, 0.3) is 21.0 Å². The number of carboxylic acid groups (broad SMARTS) is 1. The number of rotatable bonds is 7. The maximum Gasteiger partial charge on any atom is 0.411 e. The number of amides is 1. The van der Waals surface area contributed by atoms with E-state index in [1.165, 1.54) is 16.2 Å². The maximum absolute atomic E-state index is 12.9. The minimum absolute atomic E-state index is 0.0369. The summed E-state index contributed by atoms with van der Waals surface area (Å²) in [6.07, 6.45) is 2.44. The van der Waals surface area contributed by atoms with Gasteiger partial charge in [-0.3, -0.25) is 9.69 Å². The van der Waals surface area contributed by atoms with Gasteiger partial charge in [-0.15, -0.1) is 11.3 Å². The van der Waals surface area contributed by atoms with Crippen LogP contribution in [-0.4, -0.2) is 45.3 Å². The number of ether oxygens (including phenoxy) is 2. The Bertz CT molecular complexity index is 1400. The predicted octanol–water partition coefficient (Wildman–Crippen LogP) is 6.44. The molecule has 0 saturated carbocycles. The maximum atomic E-state index is 12.9. The highest BCUT2D eigenvalue weighted by molar-refractivity contribution is 7.18. The summed E-state index contributed by atoms with van der Waals surface area (Å²) in [6.45, 7) is 8.67. The van der Waals surface area contributed by atoms with Crippen molar-refractivity contribution < 1.29 is 24.2 Å². The molecule has 1 aromatic heterocycles. The molecule has 1 aliphatic rings. The summed E-state index contributed by atoms with van der Waals surface area (Å²) in [7, 11) is 0. The first-order chi connectivity index (χ1) is 18.0. The molecule has 4 rings (SSSR count). The number of benzene rings is 2. The highest BCUT2D eigenvalue weighted by Gasteiger charge is 2.36. The van der Waals surface area contributed by atoms with Crippen molar-refractivity contribution in [3.05, 3.63) is 59.3 Å². The van der Waals surface area contributed by atoms with Crippen molar-refractivity contribution in [2.75, 3.05) is 6.54 Å². The number of fused-ring (bicyclic) bond motifs is 1. The van der Waals surface area contributed by atoms with Gasteiger partial charge in [0.2, 0.25) is 0 Å². The lowest BCUT2D eigenvalue weighted by Gasteiger charge is -2.31. The van der Waals surface area contributed by atoms with E-state index in [2.05, 4.69) is 11.1 Å². The number of aliphatic carboxylic acids is 1. The van der Waals surface area contributed by atoms with E-state index in [1.54, 1.807) is 32.9 Å². The molecule has 1 aliphatic carbocycles. The van der Waals surface area contributed by atoms with Gasteiger partial charge in [0, 0.05) is 11.8 Å². The van der Waals surface area contributed by atoms with E-state index >= 15 is 0 Å². The van der Waals surface area contributed by atoms with E-state index < -0.39 is 30.3 Å². The molecule has 2 aromatic carbocycles. The summed E-state index contributed by atoms with van der Waals surface area (Å²) >= 11 is 1.52. The molecule has 9 heteroatoms. The third-order valence-electron chi connectivity index (χ3n) is 6.03. The van der Waals surface area contributed by atoms with Gasteiger partial charge in [-0.25, -0.2) is 9.78 Å². The van der Waals surface area contributed by atoms with Crippen LogP contribution in [0.2, 0.25) is 0 Å². The molecule has 0 radical (unpaired) electrons. The Morgan fingerprint density at radius 1 is 1.26 bits per heavy atom. The zero-order valence-corrected chi connectivity index (χ0v) is 23.0. The summed E-state index contributed by atoms with van der Waals surface area (Å²) < 4.78 is 11.3. The van der Waals surface area contributed by atoms with Gasteiger partial charge in [0.15, 0.2) is 0 Å². The first-order valence-electron chi connectivity index (χ1n) is 12.5. The molecule has 0 saturated heterocycles. The second-order valence-corrected chi connectivity index (χ2v) is 11.5. The summed E-state index contributed by atoms with van der Waals surface area (Å²) in [5, 5.41) is 19.9. The van der Waals surface area contributed by atoms with Gasteiger partial charge in [-0.2, -0.15) is 5.26 Å². The van der Waals surface area contributed by atoms with Crippen LogP contribution in [0.3, 0.4) is 0 Å². The number of aromatic nitrogens is 1. The normalized spacial score (nSPS) is 14.6. The van der Waals surface area contributed by atoms with Gasteiger partial charge in [0.05, 0.1) is 22.6 Å². The van der Waals surface area contributed by atoms with Crippen LogP contribution >= 0.6 is 11.3 Å². The largest absolute Gasteiger partial charge is 0.490 e. The number of hydrogen-bond donors (Lipinski definition) is 1. The Kier molecular flexibility index (Phi) is 7.74. The van der Waals surface area contributed by atoms with Crippen molar-refractivity contribution in [3.63, 3.8) is 0 Å². The Labute approximate surface area is 226 Å².